The third kappa shape index (κ3) is 2.59. The topological polar surface area (TPSA) is 58.6 Å². The van der Waals surface area contributed by atoms with Crippen molar-refractivity contribution in [2.75, 3.05) is 24.2 Å². The van der Waals surface area contributed by atoms with E-state index in [9.17, 15) is 9.59 Å². The van der Waals surface area contributed by atoms with E-state index in [1.807, 2.05) is 6.07 Å². The van der Waals surface area contributed by atoms with Gasteiger partial charge in [-0.25, -0.2) is 5.06 Å². The van der Waals surface area contributed by atoms with Crippen molar-refractivity contribution in [1.82, 2.24) is 5.06 Å². The molecule has 2 heterocycles. The summed E-state index contributed by atoms with van der Waals surface area (Å²) >= 11 is 1.48. The van der Waals surface area contributed by atoms with E-state index in [1.54, 1.807) is 12.1 Å². The van der Waals surface area contributed by atoms with E-state index >= 15 is 0 Å². The van der Waals surface area contributed by atoms with E-state index in [2.05, 4.69) is 5.32 Å². The van der Waals surface area contributed by atoms with Crippen molar-refractivity contribution < 1.29 is 14.4 Å². The molecule has 0 radical (unpaired) electrons. The zero-order valence-electron chi connectivity index (χ0n) is 10.3. The molecule has 1 fully saturated rings. The van der Waals surface area contributed by atoms with Gasteiger partial charge in [0.25, 0.3) is 5.91 Å². The SMILES string of the molecule is O=C1CSc2ccc(C(=O)N3CCCCO3)cc2N1. The maximum atomic E-state index is 12.2. The number of anilines is 1. The maximum absolute atomic E-state index is 12.2. The van der Waals surface area contributed by atoms with Crippen molar-refractivity contribution in [2.45, 2.75) is 17.7 Å². The molecule has 0 bridgehead atoms. The summed E-state index contributed by atoms with van der Waals surface area (Å²) in [6, 6.07) is 5.37. The van der Waals surface area contributed by atoms with Gasteiger partial charge in [0.15, 0.2) is 0 Å². The molecule has 1 saturated heterocycles. The first-order valence-corrected chi connectivity index (χ1v) is 7.24. The van der Waals surface area contributed by atoms with Gasteiger partial charge in [0.05, 0.1) is 18.0 Å². The Morgan fingerprint density at radius 3 is 3.05 bits per heavy atom. The molecule has 2 aliphatic heterocycles. The highest BCUT2D eigenvalue weighted by atomic mass is 32.2. The number of hydrogen-bond acceptors (Lipinski definition) is 4. The van der Waals surface area contributed by atoms with Crippen molar-refractivity contribution in [3.05, 3.63) is 23.8 Å². The average Bonchev–Trinajstić information content (AvgIpc) is 2.46. The molecule has 5 nitrogen and oxygen atoms in total. The van der Waals surface area contributed by atoms with Crippen molar-refractivity contribution in [3.8, 4) is 0 Å². The largest absolute Gasteiger partial charge is 0.324 e. The summed E-state index contributed by atoms with van der Waals surface area (Å²) < 4.78 is 0. The van der Waals surface area contributed by atoms with E-state index in [4.69, 9.17) is 4.84 Å². The summed E-state index contributed by atoms with van der Waals surface area (Å²) in [6.45, 7) is 1.21. The summed E-state index contributed by atoms with van der Waals surface area (Å²) in [4.78, 5) is 30.0. The first kappa shape index (κ1) is 12.5. The van der Waals surface area contributed by atoms with Gasteiger partial charge in [-0.15, -0.1) is 11.8 Å². The number of hydroxylamine groups is 2. The van der Waals surface area contributed by atoms with E-state index in [0.717, 1.165) is 17.7 Å². The molecule has 6 heteroatoms. The minimum absolute atomic E-state index is 0.0312. The highest BCUT2D eigenvalue weighted by Crippen LogP contribution is 2.32. The molecule has 19 heavy (non-hydrogen) atoms. The fourth-order valence-corrected chi connectivity index (χ4v) is 2.91. The van der Waals surface area contributed by atoms with E-state index < -0.39 is 0 Å². The smallest absolute Gasteiger partial charge is 0.277 e. The molecule has 2 amide bonds. The van der Waals surface area contributed by atoms with E-state index in [0.29, 0.717) is 30.2 Å². The lowest BCUT2D eigenvalue weighted by Gasteiger charge is -2.26. The Morgan fingerprint density at radius 2 is 2.26 bits per heavy atom. The average molecular weight is 278 g/mol. The van der Waals surface area contributed by atoms with Crippen LogP contribution in [0, 0.1) is 0 Å². The molecule has 0 aromatic heterocycles. The van der Waals surface area contributed by atoms with Gasteiger partial charge in [-0.2, -0.15) is 0 Å². The number of carbonyl (C=O) groups is 2. The second kappa shape index (κ2) is 5.22. The van der Waals surface area contributed by atoms with Crippen LogP contribution in [0.25, 0.3) is 0 Å². The summed E-state index contributed by atoms with van der Waals surface area (Å²) in [5.74, 6) is 0.249. The van der Waals surface area contributed by atoms with E-state index in [-0.39, 0.29) is 11.8 Å². The molecular weight excluding hydrogens is 264 g/mol. The highest BCUT2D eigenvalue weighted by molar-refractivity contribution is 8.00. The molecule has 2 aliphatic rings. The molecule has 0 atom stereocenters. The zero-order valence-corrected chi connectivity index (χ0v) is 11.2. The Hall–Kier alpha value is -1.53. The molecule has 0 spiro atoms. The van der Waals surface area contributed by atoms with Gasteiger partial charge < -0.3 is 5.32 Å². The minimum atomic E-state index is -0.146. The highest BCUT2D eigenvalue weighted by Gasteiger charge is 2.22. The molecule has 1 N–H and O–H groups in total. The van der Waals surface area contributed by atoms with Crippen molar-refractivity contribution in [1.29, 1.82) is 0 Å². The number of benzene rings is 1. The summed E-state index contributed by atoms with van der Waals surface area (Å²) in [5.41, 5.74) is 1.26. The Bertz CT molecular complexity index is 527. The van der Waals surface area contributed by atoms with Crippen LogP contribution >= 0.6 is 11.8 Å². The van der Waals surface area contributed by atoms with Crippen LogP contribution < -0.4 is 5.32 Å². The number of amides is 2. The predicted octanol–water partition coefficient (Wildman–Crippen LogP) is 1.90. The number of thioether (sulfide) groups is 1. The normalized spacial score (nSPS) is 18.7. The lowest BCUT2D eigenvalue weighted by atomic mass is 10.1. The predicted molar refractivity (Wildman–Crippen MR) is 72.0 cm³/mol. The van der Waals surface area contributed by atoms with Gasteiger partial charge in [0.1, 0.15) is 0 Å². The number of fused-ring (bicyclic) bond motifs is 1. The van der Waals surface area contributed by atoms with Gasteiger partial charge in [0, 0.05) is 17.0 Å². The maximum Gasteiger partial charge on any atom is 0.277 e. The van der Waals surface area contributed by atoms with Crippen LogP contribution in [-0.2, 0) is 9.63 Å². The monoisotopic (exact) mass is 278 g/mol. The third-order valence-corrected chi connectivity index (χ3v) is 4.16. The van der Waals surface area contributed by atoms with E-state index in [1.165, 1.54) is 16.8 Å². The third-order valence-electron chi connectivity index (χ3n) is 3.09. The zero-order chi connectivity index (χ0) is 13.2. The first-order valence-electron chi connectivity index (χ1n) is 6.25. The van der Waals surface area contributed by atoms with Crippen molar-refractivity contribution >= 4 is 29.3 Å². The second-order valence-corrected chi connectivity index (χ2v) is 5.51. The van der Waals surface area contributed by atoms with Crippen molar-refractivity contribution in [2.24, 2.45) is 0 Å². The first-order chi connectivity index (χ1) is 9.24. The molecular formula is C13H14N2O3S. The molecule has 1 aromatic rings. The minimum Gasteiger partial charge on any atom is -0.324 e. The summed E-state index contributed by atoms with van der Waals surface area (Å²) in [5, 5.41) is 4.19. The number of rotatable bonds is 1. The van der Waals surface area contributed by atoms with Gasteiger partial charge in [0.2, 0.25) is 5.91 Å². The quantitative estimate of drug-likeness (QED) is 0.852. The van der Waals surface area contributed by atoms with Gasteiger partial charge in [-0.3, -0.25) is 14.4 Å². The Labute approximate surface area is 115 Å². The number of carbonyl (C=O) groups excluding carboxylic acids is 2. The summed E-state index contributed by atoms with van der Waals surface area (Å²) in [7, 11) is 0. The van der Waals surface area contributed by atoms with Gasteiger partial charge in [-0.1, -0.05) is 0 Å². The molecule has 0 saturated carbocycles. The Morgan fingerprint density at radius 1 is 1.37 bits per heavy atom. The Kier molecular flexibility index (Phi) is 3.44. The Balaban J connectivity index is 1.83. The van der Waals surface area contributed by atoms with Crippen LogP contribution in [0.15, 0.2) is 23.1 Å². The van der Waals surface area contributed by atoms with Crippen LogP contribution in [0.3, 0.4) is 0 Å². The molecule has 0 aliphatic carbocycles. The fourth-order valence-electron chi connectivity index (χ4n) is 2.12. The van der Waals surface area contributed by atoms with Gasteiger partial charge >= 0.3 is 0 Å². The second-order valence-electron chi connectivity index (χ2n) is 4.50. The number of nitrogens with zero attached hydrogens (tertiary/aromatic N) is 1. The standard InChI is InChI=1S/C13H14N2O3S/c16-12-8-19-11-4-3-9(7-10(11)14-12)13(17)15-5-1-2-6-18-15/h3-4,7H,1-2,5-6,8H2,(H,14,16). The number of hydrogen-bond donors (Lipinski definition) is 1. The molecule has 100 valence electrons. The molecule has 3 rings (SSSR count). The van der Waals surface area contributed by atoms with Crippen LogP contribution in [0.5, 0.6) is 0 Å². The van der Waals surface area contributed by atoms with Crippen LogP contribution in [0.4, 0.5) is 5.69 Å². The summed E-state index contributed by atoms with van der Waals surface area (Å²) in [6.07, 6.45) is 1.95. The van der Waals surface area contributed by atoms with Gasteiger partial charge in [-0.05, 0) is 31.0 Å². The van der Waals surface area contributed by atoms with Crippen molar-refractivity contribution in [3.63, 3.8) is 0 Å². The lowest BCUT2D eigenvalue weighted by molar-refractivity contribution is -0.144. The molecule has 1 aromatic carbocycles. The van der Waals surface area contributed by atoms with Crippen LogP contribution in [0.2, 0.25) is 0 Å². The number of nitrogens with one attached hydrogen (secondary N) is 1. The van der Waals surface area contributed by atoms with Crippen LogP contribution in [0.1, 0.15) is 23.2 Å². The fraction of sp³-hybridized carbons (Fsp3) is 0.385. The van der Waals surface area contributed by atoms with Crippen LogP contribution in [-0.4, -0.2) is 35.8 Å². The molecule has 0 unspecified atom stereocenters. The lowest BCUT2D eigenvalue weighted by Crippen LogP contribution is -2.35.